The highest BCUT2D eigenvalue weighted by Crippen LogP contribution is 2.66. The van der Waals surface area contributed by atoms with Gasteiger partial charge in [0.05, 0.1) is 28.5 Å². The van der Waals surface area contributed by atoms with Gasteiger partial charge in [-0.2, -0.15) is 0 Å². The molecule has 5 nitrogen and oxygen atoms in total. The minimum atomic E-state index is -0.784. The van der Waals surface area contributed by atoms with Crippen molar-refractivity contribution < 1.29 is 19.1 Å². The molecule has 1 aliphatic carbocycles. The summed E-state index contributed by atoms with van der Waals surface area (Å²) in [5, 5.41) is 0. The van der Waals surface area contributed by atoms with Crippen LogP contribution in [-0.4, -0.2) is 29.3 Å². The van der Waals surface area contributed by atoms with Crippen molar-refractivity contribution in [3.63, 3.8) is 0 Å². The van der Waals surface area contributed by atoms with Gasteiger partial charge in [-0.1, -0.05) is 31.0 Å². The van der Waals surface area contributed by atoms with Gasteiger partial charge in [-0.3, -0.25) is 14.4 Å². The zero-order valence-corrected chi connectivity index (χ0v) is 13.5. The molecule has 4 fully saturated rings. The first-order valence-corrected chi connectivity index (χ1v) is 8.66. The lowest BCUT2D eigenvalue weighted by atomic mass is 9.53. The standard InChI is InChI=1S/C19H19NO4/c1-18-9-5-6-10-19(18)13-12(14(24-19)15(18)21)16(22)20(17(13)23)11-7-3-2-4-8-11/h2-4,7-8,12-14H,5-6,9-10H2,1H3/t12-,13-,14-,18-,19+/m1/s1. The van der Waals surface area contributed by atoms with E-state index < -0.39 is 29.0 Å². The Labute approximate surface area is 140 Å². The van der Waals surface area contributed by atoms with Crippen LogP contribution in [0.3, 0.4) is 0 Å². The van der Waals surface area contributed by atoms with Crippen LogP contribution < -0.4 is 4.90 Å². The summed E-state index contributed by atoms with van der Waals surface area (Å²) >= 11 is 0. The average Bonchev–Trinajstić information content (AvgIpc) is 3.14. The molecule has 0 N–H and O–H groups in total. The Bertz CT molecular complexity index is 775. The van der Waals surface area contributed by atoms with Crippen LogP contribution in [0.15, 0.2) is 30.3 Å². The van der Waals surface area contributed by atoms with E-state index >= 15 is 0 Å². The number of imide groups is 1. The zero-order valence-electron chi connectivity index (χ0n) is 13.5. The van der Waals surface area contributed by atoms with Gasteiger partial charge in [-0.25, -0.2) is 4.90 Å². The number of carbonyl (C=O) groups excluding carboxylic acids is 3. The molecule has 1 spiro atoms. The molecule has 5 atom stereocenters. The fraction of sp³-hybridized carbons (Fsp3) is 0.526. The van der Waals surface area contributed by atoms with Gasteiger partial charge in [-0.05, 0) is 31.9 Å². The fourth-order valence-corrected chi connectivity index (χ4v) is 5.60. The molecule has 24 heavy (non-hydrogen) atoms. The number of hydrogen-bond donors (Lipinski definition) is 0. The summed E-state index contributed by atoms with van der Waals surface area (Å²) in [5.74, 6) is -1.60. The molecule has 5 rings (SSSR count). The van der Waals surface area contributed by atoms with E-state index in [1.807, 2.05) is 25.1 Å². The summed E-state index contributed by atoms with van der Waals surface area (Å²) in [6, 6.07) is 8.99. The summed E-state index contributed by atoms with van der Waals surface area (Å²) in [5.41, 5.74) is -0.823. The Morgan fingerprint density at radius 1 is 1.04 bits per heavy atom. The summed E-state index contributed by atoms with van der Waals surface area (Å²) in [6.45, 7) is 1.94. The second-order valence-corrected chi connectivity index (χ2v) is 7.68. The number of ketones is 1. The van der Waals surface area contributed by atoms with Gasteiger partial charge in [0.2, 0.25) is 11.8 Å². The van der Waals surface area contributed by atoms with Gasteiger partial charge >= 0.3 is 0 Å². The van der Waals surface area contributed by atoms with E-state index in [9.17, 15) is 14.4 Å². The first-order valence-electron chi connectivity index (χ1n) is 8.66. The third-order valence-corrected chi connectivity index (χ3v) is 6.74. The van der Waals surface area contributed by atoms with E-state index in [2.05, 4.69) is 0 Å². The Morgan fingerprint density at radius 2 is 1.75 bits per heavy atom. The molecule has 5 heteroatoms. The van der Waals surface area contributed by atoms with Crippen LogP contribution in [0.4, 0.5) is 5.69 Å². The number of carbonyl (C=O) groups is 3. The van der Waals surface area contributed by atoms with Crippen molar-refractivity contribution in [3.05, 3.63) is 30.3 Å². The smallest absolute Gasteiger partial charge is 0.240 e. The predicted octanol–water partition coefficient (Wildman–Crippen LogP) is 2.09. The highest BCUT2D eigenvalue weighted by molar-refractivity contribution is 6.25. The van der Waals surface area contributed by atoms with E-state index in [1.54, 1.807) is 12.1 Å². The molecule has 2 amide bonds. The minimum Gasteiger partial charge on any atom is -0.361 e. The molecule has 124 valence electrons. The van der Waals surface area contributed by atoms with E-state index in [1.165, 1.54) is 4.90 Å². The molecule has 2 bridgehead atoms. The summed E-state index contributed by atoms with van der Waals surface area (Å²) < 4.78 is 6.15. The number of Topliss-reactive ketones (excluding diaryl/α,β-unsaturated/α-hetero) is 1. The van der Waals surface area contributed by atoms with Crippen molar-refractivity contribution in [3.8, 4) is 0 Å². The maximum Gasteiger partial charge on any atom is 0.240 e. The van der Waals surface area contributed by atoms with Crippen LogP contribution in [0, 0.1) is 17.3 Å². The van der Waals surface area contributed by atoms with E-state index in [0.29, 0.717) is 12.1 Å². The maximum atomic E-state index is 13.2. The number of amides is 2. The van der Waals surface area contributed by atoms with Crippen LogP contribution in [0.1, 0.15) is 32.6 Å². The highest BCUT2D eigenvalue weighted by atomic mass is 16.5. The van der Waals surface area contributed by atoms with Crippen LogP contribution in [-0.2, 0) is 19.1 Å². The number of benzene rings is 1. The molecule has 0 unspecified atom stereocenters. The Balaban J connectivity index is 1.65. The Kier molecular flexibility index (Phi) is 2.59. The van der Waals surface area contributed by atoms with Crippen LogP contribution in [0.2, 0.25) is 0 Å². The Morgan fingerprint density at radius 3 is 2.50 bits per heavy atom. The first-order chi connectivity index (χ1) is 11.5. The second-order valence-electron chi connectivity index (χ2n) is 7.68. The van der Waals surface area contributed by atoms with Gasteiger partial charge in [0.25, 0.3) is 0 Å². The average molecular weight is 325 g/mol. The monoisotopic (exact) mass is 325 g/mol. The van der Waals surface area contributed by atoms with Crippen molar-refractivity contribution in [2.75, 3.05) is 4.90 Å². The lowest BCUT2D eigenvalue weighted by Gasteiger charge is -2.47. The maximum absolute atomic E-state index is 13.2. The van der Waals surface area contributed by atoms with Gasteiger partial charge in [-0.15, -0.1) is 0 Å². The van der Waals surface area contributed by atoms with Crippen molar-refractivity contribution in [1.29, 1.82) is 0 Å². The molecule has 3 heterocycles. The second kappa shape index (κ2) is 4.33. The zero-order chi connectivity index (χ0) is 16.7. The normalized spacial score (nSPS) is 43.3. The molecule has 0 radical (unpaired) electrons. The molecule has 4 aliphatic rings. The highest BCUT2D eigenvalue weighted by Gasteiger charge is 2.80. The van der Waals surface area contributed by atoms with Crippen molar-refractivity contribution >= 4 is 23.3 Å². The fourth-order valence-electron chi connectivity index (χ4n) is 5.60. The number of rotatable bonds is 1. The summed E-state index contributed by atoms with van der Waals surface area (Å²) in [6.07, 6.45) is 2.60. The van der Waals surface area contributed by atoms with Gasteiger partial charge < -0.3 is 4.74 Å². The first kappa shape index (κ1) is 14.3. The van der Waals surface area contributed by atoms with Crippen molar-refractivity contribution in [1.82, 2.24) is 0 Å². The van der Waals surface area contributed by atoms with Gasteiger partial charge in [0, 0.05) is 0 Å². The van der Waals surface area contributed by atoms with Crippen LogP contribution >= 0.6 is 0 Å². The van der Waals surface area contributed by atoms with Crippen LogP contribution in [0.5, 0.6) is 0 Å². The molecule has 3 aliphatic heterocycles. The van der Waals surface area contributed by atoms with E-state index in [0.717, 1.165) is 19.3 Å². The lowest BCUT2D eigenvalue weighted by Crippen LogP contribution is -2.58. The molecule has 1 aromatic carbocycles. The van der Waals surface area contributed by atoms with Crippen molar-refractivity contribution in [2.45, 2.75) is 44.3 Å². The molecule has 3 saturated heterocycles. The topological polar surface area (TPSA) is 63.7 Å². The summed E-state index contributed by atoms with van der Waals surface area (Å²) in [7, 11) is 0. The number of fused-ring (bicyclic) bond motifs is 3. The quantitative estimate of drug-likeness (QED) is 0.742. The number of hydrogen-bond acceptors (Lipinski definition) is 4. The summed E-state index contributed by atoms with van der Waals surface area (Å²) in [4.78, 5) is 40.4. The third-order valence-electron chi connectivity index (χ3n) is 6.74. The van der Waals surface area contributed by atoms with Gasteiger partial charge in [0.1, 0.15) is 6.10 Å². The van der Waals surface area contributed by atoms with Gasteiger partial charge in [0.15, 0.2) is 5.78 Å². The molecule has 0 aromatic heterocycles. The van der Waals surface area contributed by atoms with E-state index in [-0.39, 0.29) is 17.6 Å². The molecular weight excluding hydrogens is 306 g/mol. The third kappa shape index (κ3) is 1.35. The number of anilines is 1. The minimum absolute atomic E-state index is 0.0273. The lowest BCUT2D eigenvalue weighted by molar-refractivity contribution is -0.145. The molecule has 1 saturated carbocycles. The SMILES string of the molecule is C[C@]12CCCC[C@@]13O[C@@H](C2=O)[C@@H]1C(=O)N(c2ccccc2)C(=O)[C@@H]13. The Hall–Kier alpha value is -2.01. The number of para-hydroxylation sites is 1. The number of nitrogens with zero attached hydrogens (tertiary/aromatic N) is 1. The molecular formula is C19H19NO4. The van der Waals surface area contributed by atoms with Crippen molar-refractivity contribution in [2.24, 2.45) is 17.3 Å². The number of ether oxygens (including phenoxy) is 1. The van der Waals surface area contributed by atoms with Crippen LogP contribution in [0.25, 0.3) is 0 Å². The molecule has 1 aromatic rings. The predicted molar refractivity (Wildman–Crippen MR) is 85.1 cm³/mol. The van der Waals surface area contributed by atoms with E-state index in [4.69, 9.17) is 4.74 Å². The largest absolute Gasteiger partial charge is 0.361 e.